The number of hydrogen-bond donors (Lipinski definition) is 1. The minimum absolute atomic E-state index is 0.0596. The van der Waals surface area contributed by atoms with Gasteiger partial charge in [-0.3, -0.25) is 4.79 Å². The van der Waals surface area contributed by atoms with Crippen LogP contribution in [-0.2, 0) is 0 Å². The second-order valence-electron chi connectivity index (χ2n) is 3.11. The molecule has 4 heteroatoms. The number of Topliss-reactive ketones (excluding diaryl/α,β-unsaturated/α-hetero) is 1. The van der Waals surface area contributed by atoms with Gasteiger partial charge in [-0.1, -0.05) is 13.8 Å². The molecule has 0 fully saturated rings. The molecule has 1 N–H and O–H groups in total. The smallest absolute Gasteiger partial charge is 0.200 e. The van der Waals surface area contributed by atoms with Gasteiger partial charge in [0.1, 0.15) is 5.69 Å². The minimum Gasteiger partial charge on any atom is -0.326 e. The maximum atomic E-state index is 11.3. The number of aromatic amines is 1. The van der Waals surface area contributed by atoms with Crippen LogP contribution in [0.25, 0.3) is 0 Å². The molecule has 0 amide bonds. The van der Waals surface area contributed by atoms with Crippen LogP contribution in [0.15, 0.2) is 6.20 Å². The van der Waals surface area contributed by atoms with Gasteiger partial charge in [0.05, 0.1) is 6.20 Å². The summed E-state index contributed by atoms with van der Waals surface area (Å²) in [5.74, 6) is 0.420. The van der Waals surface area contributed by atoms with E-state index >= 15 is 0 Å². The fourth-order valence-corrected chi connectivity index (χ4v) is 1.07. The molecule has 1 heterocycles. The van der Waals surface area contributed by atoms with E-state index < -0.39 is 0 Å². The first-order valence-electron chi connectivity index (χ1n) is 3.83. The average Bonchev–Trinajstić information content (AvgIpc) is 2.34. The van der Waals surface area contributed by atoms with Crippen LogP contribution in [0.2, 0.25) is 5.28 Å². The third kappa shape index (κ3) is 2.34. The minimum atomic E-state index is 0.0596. The average molecular weight is 187 g/mol. The summed E-state index contributed by atoms with van der Waals surface area (Å²) in [4.78, 5) is 17.8. The summed E-state index contributed by atoms with van der Waals surface area (Å²) < 4.78 is 0. The Labute approximate surface area is 76.1 Å². The molecular weight excluding hydrogens is 176 g/mol. The Morgan fingerprint density at radius 3 is 2.83 bits per heavy atom. The van der Waals surface area contributed by atoms with Crippen molar-refractivity contribution in [2.45, 2.75) is 20.3 Å². The number of carbonyl (C=O) groups is 1. The van der Waals surface area contributed by atoms with Gasteiger partial charge < -0.3 is 4.98 Å². The number of H-pyrrole nitrogens is 1. The Hall–Kier alpha value is -0.830. The topological polar surface area (TPSA) is 45.8 Å². The number of ketones is 1. The van der Waals surface area contributed by atoms with Gasteiger partial charge in [-0.2, -0.15) is 0 Å². The SMILES string of the molecule is CC(C)CC(=O)c1cnc(Cl)[nH]1. The van der Waals surface area contributed by atoms with E-state index in [1.54, 1.807) is 0 Å². The lowest BCUT2D eigenvalue weighted by Gasteiger charge is -1.99. The quantitative estimate of drug-likeness (QED) is 0.737. The van der Waals surface area contributed by atoms with Crippen molar-refractivity contribution in [2.24, 2.45) is 5.92 Å². The van der Waals surface area contributed by atoms with Crippen LogP contribution in [0.5, 0.6) is 0 Å². The van der Waals surface area contributed by atoms with Crippen LogP contribution < -0.4 is 0 Å². The molecule has 0 radical (unpaired) electrons. The maximum absolute atomic E-state index is 11.3. The van der Waals surface area contributed by atoms with Gasteiger partial charge in [0, 0.05) is 6.42 Å². The number of halogens is 1. The zero-order valence-electron chi connectivity index (χ0n) is 7.10. The van der Waals surface area contributed by atoms with E-state index in [-0.39, 0.29) is 11.1 Å². The second-order valence-corrected chi connectivity index (χ2v) is 3.47. The molecule has 0 spiro atoms. The van der Waals surface area contributed by atoms with Crippen molar-refractivity contribution < 1.29 is 4.79 Å². The van der Waals surface area contributed by atoms with Crippen LogP contribution in [0.4, 0.5) is 0 Å². The fraction of sp³-hybridized carbons (Fsp3) is 0.500. The standard InChI is InChI=1S/C8H11ClN2O/c1-5(2)3-7(12)6-4-10-8(9)11-6/h4-5H,3H2,1-2H3,(H,10,11). The summed E-state index contributed by atoms with van der Waals surface area (Å²) in [7, 11) is 0. The Balaban J connectivity index is 2.65. The lowest BCUT2D eigenvalue weighted by atomic mass is 10.1. The number of imidazole rings is 1. The van der Waals surface area contributed by atoms with Crippen molar-refractivity contribution >= 4 is 17.4 Å². The van der Waals surface area contributed by atoms with E-state index in [1.165, 1.54) is 6.20 Å². The number of nitrogens with one attached hydrogen (secondary N) is 1. The molecule has 0 unspecified atom stereocenters. The van der Waals surface area contributed by atoms with E-state index in [9.17, 15) is 4.79 Å². The van der Waals surface area contributed by atoms with Gasteiger partial charge in [0.25, 0.3) is 0 Å². The predicted molar refractivity (Wildman–Crippen MR) is 47.4 cm³/mol. The second kappa shape index (κ2) is 3.72. The van der Waals surface area contributed by atoms with Gasteiger partial charge in [-0.05, 0) is 17.5 Å². The molecule has 0 aliphatic carbocycles. The third-order valence-electron chi connectivity index (χ3n) is 1.44. The van der Waals surface area contributed by atoms with Crippen LogP contribution in [0, 0.1) is 5.92 Å². The summed E-state index contributed by atoms with van der Waals surface area (Å²) in [6, 6.07) is 0. The molecule has 0 atom stereocenters. The van der Waals surface area contributed by atoms with E-state index in [0.717, 1.165) is 0 Å². The highest BCUT2D eigenvalue weighted by atomic mass is 35.5. The first-order chi connectivity index (χ1) is 5.59. The molecule has 0 aromatic carbocycles. The van der Waals surface area contributed by atoms with Gasteiger partial charge >= 0.3 is 0 Å². The molecule has 0 saturated heterocycles. The van der Waals surface area contributed by atoms with E-state index in [4.69, 9.17) is 11.6 Å². The van der Waals surface area contributed by atoms with Crippen molar-refractivity contribution in [3.8, 4) is 0 Å². The molecule has 0 aliphatic rings. The monoisotopic (exact) mass is 186 g/mol. The van der Waals surface area contributed by atoms with E-state index in [2.05, 4.69) is 9.97 Å². The van der Waals surface area contributed by atoms with Gasteiger partial charge in [-0.25, -0.2) is 4.98 Å². The van der Waals surface area contributed by atoms with Crippen molar-refractivity contribution in [1.82, 2.24) is 9.97 Å². The predicted octanol–water partition coefficient (Wildman–Crippen LogP) is 2.29. The molecule has 3 nitrogen and oxygen atoms in total. The zero-order chi connectivity index (χ0) is 9.14. The largest absolute Gasteiger partial charge is 0.326 e. The summed E-state index contributed by atoms with van der Waals surface area (Å²) in [5.41, 5.74) is 0.494. The van der Waals surface area contributed by atoms with Crippen LogP contribution in [-0.4, -0.2) is 15.8 Å². The first kappa shape index (κ1) is 9.26. The Morgan fingerprint density at radius 2 is 2.42 bits per heavy atom. The number of rotatable bonds is 3. The zero-order valence-corrected chi connectivity index (χ0v) is 7.85. The number of nitrogens with zero attached hydrogens (tertiary/aromatic N) is 1. The van der Waals surface area contributed by atoms with Crippen molar-refractivity contribution in [2.75, 3.05) is 0 Å². The summed E-state index contributed by atoms with van der Waals surface area (Å²) in [6.45, 7) is 3.99. The summed E-state index contributed by atoms with van der Waals surface area (Å²) >= 11 is 5.52. The molecule has 12 heavy (non-hydrogen) atoms. The third-order valence-corrected chi connectivity index (χ3v) is 1.63. The van der Waals surface area contributed by atoms with E-state index in [1.807, 2.05) is 13.8 Å². The molecular formula is C8H11ClN2O. The Morgan fingerprint density at radius 1 is 1.75 bits per heavy atom. The molecule has 0 bridgehead atoms. The number of carbonyl (C=O) groups excluding carboxylic acids is 1. The highest BCUT2D eigenvalue weighted by Crippen LogP contribution is 2.09. The summed E-state index contributed by atoms with van der Waals surface area (Å²) in [6.07, 6.45) is 1.99. The lowest BCUT2D eigenvalue weighted by Crippen LogP contribution is -2.03. The highest BCUT2D eigenvalue weighted by Gasteiger charge is 2.10. The van der Waals surface area contributed by atoms with Crippen LogP contribution >= 0.6 is 11.6 Å². The number of hydrogen-bond acceptors (Lipinski definition) is 2. The van der Waals surface area contributed by atoms with Crippen LogP contribution in [0.1, 0.15) is 30.8 Å². The highest BCUT2D eigenvalue weighted by molar-refractivity contribution is 6.28. The van der Waals surface area contributed by atoms with Gasteiger partial charge in [-0.15, -0.1) is 0 Å². The van der Waals surface area contributed by atoms with Crippen molar-refractivity contribution in [3.05, 3.63) is 17.2 Å². The maximum Gasteiger partial charge on any atom is 0.200 e. The molecule has 1 rings (SSSR count). The lowest BCUT2D eigenvalue weighted by molar-refractivity contribution is 0.0963. The number of aromatic nitrogens is 2. The Bertz CT molecular complexity index is 280. The molecule has 1 aromatic rings. The van der Waals surface area contributed by atoms with Crippen molar-refractivity contribution in [1.29, 1.82) is 0 Å². The van der Waals surface area contributed by atoms with Gasteiger partial charge in [0.15, 0.2) is 5.78 Å². The first-order valence-corrected chi connectivity index (χ1v) is 4.21. The molecule has 66 valence electrons. The summed E-state index contributed by atoms with van der Waals surface area (Å²) in [5, 5.41) is 0.266. The van der Waals surface area contributed by atoms with E-state index in [0.29, 0.717) is 18.0 Å². The molecule has 0 saturated carbocycles. The van der Waals surface area contributed by atoms with Gasteiger partial charge in [0.2, 0.25) is 5.28 Å². The van der Waals surface area contributed by atoms with Crippen molar-refractivity contribution in [3.63, 3.8) is 0 Å². The normalized spacial score (nSPS) is 10.7. The fourth-order valence-electron chi connectivity index (χ4n) is 0.919. The molecule has 1 aromatic heterocycles. The molecule has 0 aliphatic heterocycles. The Kier molecular flexibility index (Phi) is 2.87. The van der Waals surface area contributed by atoms with Crippen LogP contribution in [0.3, 0.4) is 0 Å².